The highest BCUT2D eigenvalue weighted by molar-refractivity contribution is 5.95. The lowest BCUT2D eigenvalue weighted by Gasteiger charge is -2.25. The van der Waals surface area contributed by atoms with Crippen LogP contribution in [0.1, 0.15) is 45.1 Å². The number of nitrogens with two attached hydrogens (primary N) is 2. The Hall–Kier alpha value is -4.46. The largest absolute Gasteiger partial charge is 0.481 e. The number of primary amides is 1. The van der Waals surface area contributed by atoms with E-state index < -0.39 is 72.6 Å². The average Bonchev–Trinajstić information content (AvgIpc) is 3.27. The molecule has 14 nitrogen and oxygen atoms in total. The zero-order valence-corrected chi connectivity index (χ0v) is 22.3. The number of carbonyl (C=O) groups is 6. The van der Waals surface area contributed by atoms with Crippen molar-refractivity contribution in [3.05, 3.63) is 36.0 Å². The summed E-state index contributed by atoms with van der Waals surface area (Å²) in [6.45, 7) is 3.72. The molecule has 0 bridgehead atoms. The van der Waals surface area contributed by atoms with Gasteiger partial charge in [0.2, 0.25) is 23.6 Å². The van der Waals surface area contributed by atoms with Crippen LogP contribution >= 0.6 is 0 Å². The zero-order chi connectivity index (χ0) is 30.0. The number of aromatic nitrogens is 1. The first-order valence-corrected chi connectivity index (χ1v) is 12.7. The van der Waals surface area contributed by atoms with Gasteiger partial charge in [0.25, 0.3) is 0 Å². The van der Waals surface area contributed by atoms with Crippen LogP contribution in [0.25, 0.3) is 10.9 Å². The lowest BCUT2D eigenvalue weighted by Crippen LogP contribution is -2.58. The first kappa shape index (κ1) is 31.8. The van der Waals surface area contributed by atoms with Gasteiger partial charge in [0.1, 0.15) is 18.1 Å². The Labute approximate surface area is 230 Å². The molecular formula is C26H36N6O8. The smallest absolute Gasteiger partial charge is 0.326 e. The Morgan fingerprint density at radius 1 is 0.900 bits per heavy atom. The van der Waals surface area contributed by atoms with Crippen LogP contribution in [-0.4, -0.2) is 74.9 Å². The fourth-order valence-corrected chi connectivity index (χ4v) is 4.11. The summed E-state index contributed by atoms with van der Waals surface area (Å²) in [7, 11) is 0. The molecule has 0 aliphatic heterocycles. The van der Waals surface area contributed by atoms with Crippen molar-refractivity contribution in [2.75, 3.05) is 0 Å². The van der Waals surface area contributed by atoms with Crippen LogP contribution < -0.4 is 27.4 Å². The SMILES string of the molecule is CC(C)CC(N)C(=O)NC(CCC(=O)O)C(=O)NC(Cc1c[nH]c2ccccc12)C(=O)NC(CC(N)=O)C(=O)O. The molecule has 1 aromatic carbocycles. The van der Waals surface area contributed by atoms with Crippen molar-refractivity contribution in [3.8, 4) is 0 Å². The topological polar surface area (TPSA) is 247 Å². The third-order valence-corrected chi connectivity index (χ3v) is 6.09. The number of para-hydroxylation sites is 1. The minimum atomic E-state index is -1.65. The van der Waals surface area contributed by atoms with Crippen LogP contribution in [-0.2, 0) is 35.2 Å². The number of carbonyl (C=O) groups excluding carboxylic acids is 4. The van der Waals surface area contributed by atoms with E-state index in [9.17, 15) is 33.9 Å². The summed E-state index contributed by atoms with van der Waals surface area (Å²) in [4.78, 5) is 76.3. The molecule has 218 valence electrons. The Balaban J connectivity index is 2.34. The summed E-state index contributed by atoms with van der Waals surface area (Å²) in [5.74, 6) is -6.04. The number of benzene rings is 1. The molecule has 1 heterocycles. The maximum absolute atomic E-state index is 13.3. The van der Waals surface area contributed by atoms with Crippen molar-refractivity contribution in [3.63, 3.8) is 0 Å². The van der Waals surface area contributed by atoms with Gasteiger partial charge < -0.3 is 42.6 Å². The third kappa shape index (κ3) is 9.69. The van der Waals surface area contributed by atoms with Crippen molar-refractivity contribution < 1.29 is 39.0 Å². The monoisotopic (exact) mass is 560 g/mol. The fraction of sp³-hybridized carbons (Fsp3) is 0.462. The van der Waals surface area contributed by atoms with Gasteiger partial charge in [-0.3, -0.25) is 24.0 Å². The van der Waals surface area contributed by atoms with Crippen LogP contribution in [0.3, 0.4) is 0 Å². The molecule has 4 amide bonds. The van der Waals surface area contributed by atoms with E-state index >= 15 is 0 Å². The lowest BCUT2D eigenvalue weighted by atomic mass is 10.0. The zero-order valence-electron chi connectivity index (χ0n) is 22.3. The lowest BCUT2D eigenvalue weighted by molar-refractivity contribution is -0.143. The number of fused-ring (bicyclic) bond motifs is 1. The van der Waals surface area contributed by atoms with Gasteiger partial charge in [-0.15, -0.1) is 0 Å². The number of carboxylic acid groups (broad SMARTS) is 2. The number of aliphatic carboxylic acids is 2. The molecule has 14 heteroatoms. The van der Waals surface area contributed by atoms with E-state index in [0.29, 0.717) is 12.0 Å². The molecule has 1 aromatic heterocycles. The first-order valence-electron chi connectivity index (χ1n) is 12.7. The Kier molecular flexibility index (Phi) is 11.6. The van der Waals surface area contributed by atoms with E-state index in [1.165, 1.54) is 0 Å². The number of nitrogens with one attached hydrogen (secondary N) is 4. The standard InChI is InChI=1S/C26H36N6O8/c1-13(2)9-16(27)23(36)30-18(7-8-22(34)35)24(37)31-19(25(38)32-20(26(39)40)11-21(28)33)10-14-12-29-17-6-4-3-5-15(14)17/h3-6,12-13,16,18-20,29H,7-11,27H2,1-2H3,(H2,28,33)(H,30,36)(H,31,37)(H,32,38)(H,34,35)(H,39,40). The van der Waals surface area contributed by atoms with Crippen LogP contribution in [0.4, 0.5) is 0 Å². The quantitative estimate of drug-likeness (QED) is 0.130. The van der Waals surface area contributed by atoms with Gasteiger partial charge in [0.15, 0.2) is 0 Å². The van der Waals surface area contributed by atoms with Crippen molar-refractivity contribution >= 4 is 46.5 Å². The van der Waals surface area contributed by atoms with E-state index in [4.69, 9.17) is 16.6 Å². The molecule has 0 aliphatic carbocycles. The summed E-state index contributed by atoms with van der Waals surface area (Å²) >= 11 is 0. The Morgan fingerprint density at radius 3 is 2.10 bits per heavy atom. The van der Waals surface area contributed by atoms with Gasteiger partial charge in [-0.25, -0.2) is 4.79 Å². The van der Waals surface area contributed by atoms with Crippen LogP contribution in [0, 0.1) is 5.92 Å². The summed E-state index contributed by atoms with van der Waals surface area (Å²) in [6.07, 6.45) is 0.417. The second-order valence-electron chi connectivity index (χ2n) is 9.92. The van der Waals surface area contributed by atoms with Gasteiger partial charge >= 0.3 is 11.9 Å². The van der Waals surface area contributed by atoms with Gasteiger partial charge in [-0.05, 0) is 30.4 Å². The molecule has 4 atom stereocenters. The van der Waals surface area contributed by atoms with Gasteiger partial charge in [0.05, 0.1) is 12.5 Å². The number of hydrogen-bond acceptors (Lipinski definition) is 7. The number of hydrogen-bond donors (Lipinski definition) is 8. The Bertz CT molecular complexity index is 1240. The molecule has 40 heavy (non-hydrogen) atoms. The summed E-state index contributed by atoms with van der Waals surface area (Å²) in [5.41, 5.74) is 12.4. The molecule has 0 saturated carbocycles. The summed E-state index contributed by atoms with van der Waals surface area (Å²) < 4.78 is 0. The molecular weight excluding hydrogens is 524 g/mol. The van der Waals surface area contributed by atoms with E-state index in [-0.39, 0.29) is 18.8 Å². The summed E-state index contributed by atoms with van der Waals surface area (Å²) in [5, 5.41) is 26.5. The molecule has 10 N–H and O–H groups in total. The van der Waals surface area contributed by atoms with Crippen LogP contribution in [0.15, 0.2) is 30.5 Å². The number of aromatic amines is 1. The molecule has 0 fully saturated rings. The van der Waals surface area contributed by atoms with Gasteiger partial charge in [-0.2, -0.15) is 0 Å². The number of amides is 4. The second kappa shape index (κ2) is 14.6. The third-order valence-electron chi connectivity index (χ3n) is 6.09. The molecule has 4 unspecified atom stereocenters. The first-order chi connectivity index (χ1) is 18.8. The van der Waals surface area contributed by atoms with Crippen molar-refractivity contribution in [1.82, 2.24) is 20.9 Å². The molecule has 2 aromatic rings. The number of rotatable bonds is 16. The van der Waals surface area contributed by atoms with Crippen molar-refractivity contribution in [1.29, 1.82) is 0 Å². The van der Waals surface area contributed by atoms with E-state index in [1.807, 2.05) is 13.8 Å². The highest BCUT2D eigenvalue weighted by Crippen LogP contribution is 2.19. The highest BCUT2D eigenvalue weighted by Gasteiger charge is 2.32. The van der Waals surface area contributed by atoms with Crippen molar-refractivity contribution in [2.45, 2.75) is 70.1 Å². The number of carboxylic acids is 2. The second-order valence-corrected chi connectivity index (χ2v) is 9.92. The van der Waals surface area contributed by atoms with Gasteiger partial charge in [0, 0.05) is 29.9 Å². The predicted octanol–water partition coefficient (Wildman–Crippen LogP) is -0.637. The maximum Gasteiger partial charge on any atom is 0.326 e. The van der Waals surface area contributed by atoms with E-state index in [1.54, 1.807) is 30.5 Å². The molecule has 0 spiro atoms. The van der Waals surface area contributed by atoms with E-state index in [2.05, 4.69) is 20.9 Å². The van der Waals surface area contributed by atoms with Gasteiger partial charge in [-0.1, -0.05) is 32.0 Å². The molecule has 0 radical (unpaired) electrons. The Morgan fingerprint density at radius 2 is 1.50 bits per heavy atom. The minimum absolute atomic E-state index is 0.0823. The maximum atomic E-state index is 13.3. The number of H-pyrrole nitrogens is 1. The van der Waals surface area contributed by atoms with Crippen LogP contribution in [0.2, 0.25) is 0 Å². The average molecular weight is 561 g/mol. The minimum Gasteiger partial charge on any atom is -0.481 e. The van der Waals surface area contributed by atoms with Crippen LogP contribution in [0.5, 0.6) is 0 Å². The fourth-order valence-electron chi connectivity index (χ4n) is 4.11. The van der Waals surface area contributed by atoms with Crippen molar-refractivity contribution in [2.24, 2.45) is 17.4 Å². The molecule has 0 aliphatic rings. The van der Waals surface area contributed by atoms with E-state index in [0.717, 1.165) is 10.9 Å². The normalized spacial score (nSPS) is 14.1. The summed E-state index contributed by atoms with van der Waals surface area (Å²) in [6, 6.07) is 1.86. The molecule has 2 rings (SSSR count). The molecule has 0 saturated heterocycles. The highest BCUT2D eigenvalue weighted by atomic mass is 16.4. The predicted molar refractivity (Wildman–Crippen MR) is 144 cm³/mol.